The molecule has 1 aliphatic rings. The van der Waals surface area contributed by atoms with E-state index in [9.17, 15) is 0 Å². The molecule has 0 unspecified atom stereocenters. The van der Waals surface area contributed by atoms with E-state index in [-0.39, 0.29) is 0 Å². The van der Waals surface area contributed by atoms with Crippen molar-refractivity contribution in [3.63, 3.8) is 0 Å². The molecule has 0 fully saturated rings. The molecular formula is C11H16N4O2. The number of hydrogen-bond acceptors (Lipinski definition) is 6. The van der Waals surface area contributed by atoms with Crippen LogP contribution in [0.2, 0.25) is 0 Å². The van der Waals surface area contributed by atoms with Gasteiger partial charge in [-0.05, 0) is 19.9 Å². The molecule has 1 aromatic heterocycles. The lowest BCUT2D eigenvalue weighted by atomic mass is 10.3. The first-order valence-electron chi connectivity index (χ1n) is 5.27. The van der Waals surface area contributed by atoms with Crippen LogP contribution in [-0.4, -0.2) is 29.9 Å². The van der Waals surface area contributed by atoms with E-state index in [4.69, 9.17) is 9.47 Å². The number of ether oxygens (including phenoxy) is 2. The second-order valence-electron chi connectivity index (χ2n) is 3.96. The minimum Gasteiger partial charge on any atom is -0.481 e. The number of rotatable bonds is 3. The van der Waals surface area contributed by atoms with Crippen molar-refractivity contribution in [1.29, 1.82) is 0 Å². The van der Waals surface area contributed by atoms with Crippen LogP contribution in [0, 0.1) is 6.92 Å². The van der Waals surface area contributed by atoms with Crippen LogP contribution in [0.25, 0.3) is 0 Å². The third-order valence-electron chi connectivity index (χ3n) is 2.55. The van der Waals surface area contributed by atoms with Gasteiger partial charge in [-0.3, -0.25) is 0 Å². The fourth-order valence-electron chi connectivity index (χ4n) is 1.50. The summed E-state index contributed by atoms with van der Waals surface area (Å²) in [6.45, 7) is 3.81. The van der Waals surface area contributed by atoms with Crippen molar-refractivity contribution >= 4 is 5.95 Å². The van der Waals surface area contributed by atoms with Gasteiger partial charge in [0.2, 0.25) is 11.8 Å². The second-order valence-corrected chi connectivity index (χ2v) is 3.96. The molecule has 1 atom stereocenters. The van der Waals surface area contributed by atoms with Crippen LogP contribution in [0.15, 0.2) is 18.3 Å². The smallest absolute Gasteiger partial charge is 0.247 e. The van der Waals surface area contributed by atoms with E-state index in [0.717, 1.165) is 5.69 Å². The predicted molar refractivity (Wildman–Crippen MR) is 63.5 cm³/mol. The van der Waals surface area contributed by atoms with Gasteiger partial charge in [-0.2, -0.15) is 10.4 Å². The minimum absolute atomic E-state index is 0.527. The molecule has 17 heavy (non-hydrogen) atoms. The Kier molecular flexibility index (Phi) is 2.99. The molecule has 0 bridgehead atoms. The van der Waals surface area contributed by atoms with E-state index >= 15 is 0 Å². The zero-order valence-corrected chi connectivity index (χ0v) is 10.4. The number of hydrazine groups is 1. The maximum Gasteiger partial charge on any atom is 0.247 e. The first-order chi connectivity index (χ1) is 8.06. The van der Waals surface area contributed by atoms with Gasteiger partial charge in [0, 0.05) is 25.1 Å². The normalized spacial score (nSPS) is 23.2. The molecule has 0 amide bonds. The lowest BCUT2D eigenvalue weighted by molar-refractivity contribution is 0.0263. The molecule has 0 aromatic carbocycles. The zero-order valence-electron chi connectivity index (χ0n) is 10.4. The lowest BCUT2D eigenvalue weighted by Gasteiger charge is -2.25. The summed E-state index contributed by atoms with van der Waals surface area (Å²) in [6.07, 6.45) is 3.73. The summed E-state index contributed by atoms with van der Waals surface area (Å²) in [5.41, 5.74) is 3.44. The molecule has 6 heteroatoms. The third kappa shape index (κ3) is 2.37. The Bertz CT molecular complexity index is 449. The van der Waals surface area contributed by atoms with E-state index in [1.165, 1.54) is 0 Å². The summed E-state index contributed by atoms with van der Waals surface area (Å²) in [5, 5.41) is 1.71. The number of aromatic nitrogens is 2. The van der Waals surface area contributed by atoms with Gasteiger partial charge in [0.05, 0.1) is 7.11 Å². The molecule has 1 aromatic rings. The summed E-state index contributed by atoms with van der Waals surface area (Å²) in [4.78, 5) is 8.59. The highest BCUT2D eigenvalue weighted by molar-refractivity contribution is 5.39. The van der Waals surface area contributed by atoms with Crippen LogP contribution in [0.1, 0.15) is 12.6 Å². The van der Waals surface area contributed by atoms with Gasteiger partial charge < -0.3 is 9.47 Å². The van der Waals surface area contributed by atoms with Crippen molar-refractivity contribution < 1.29 is 9.47 Å². The molecule has 2 heterocycles. The van der Waals surface area contributed by atoms with Gasteiger partial charge in [-0.15, -0.1) is 0 Å². The van der Waals surface area contributed by atoms with Crippen LogP contribution in [-0.2, 0) is 4.74 Å². The van der Waals surface area contributed by atoms with Crippen molar-refractivity contribution in [3.05, 3.63) is 24.0 Å². The lowest BCUT2D eigenvalue weighted by Crippen LogP contribution is -2.46. The molecule has 6 nitrogen and oxygen atoms in total. The first-order valence-corrected chi connectivity index (χ1v) is 5.27. The number of methoxy groups -OCH3 is 2. The van der Waals surface area contributed by atoms with Crippen molar-refractivity contribution in [2.24, 2.45) is 0 Å². The highest BCUT2D eigenvalue weighted by Gasteiger charge is 2.29. The molecule has 1 N–H and O–H groups in total. The molecular weight excluding hydrogens is 220 g/mol. The summed E-state index contributed by atoms with van der Waals surface area (Å²) in [5.74, 6) is 1.06. The van der Waals surface area contributed by atoms with Crippen LogP contribution in [0.4, 0.5) is 5.95 Å². The van der Waals surface area contributed by atoms with Crippen LogP contribution < -0.4 is 15.2 Å². The number of nitrogens with zero attached hydrogens (tertiary/aromatic N) is 3. The molecule has 1 aliphatic heterocycles. The second kappa shape index (κ2) is 4.31. The summed E-state index contributed by atoms with van der Waals surface area (Å²) >= 11 is 0. The van der Waals surface area contributed by atoms with Crippen LogP contribution >= 0.6 is 0 Å². The fourth-order valence-corrected chi connectivity index (χ4v) is 1.50. The topological polar surface area (TPSA) is 59.5 Å². The number of nitrogens with one attached hydrogen (secondary N) is 1. The largest absolute Gasteiger partial charge is 0.481 e. The Morgan fingerprint density at radius 1 is 1.35 bits per heavy atom. The van der Waals surface area contributed by atoms with E-state index in [1.807, 2.05) is 26.1 Å². The Morgan fingerprint density at radius 2 is 2.12 bits per heavy atom. The first kappa shape index (κ1) is 11.8. The van der Waals surface area contributed by atoms with Gasteiger partial charge in [-0.1, -0.05) is 0 Å². The maximum absolute atomic E-state index is 5.31. The number of anilines is 1. The van der Waals surface area contributed by atoms with Crippen LogP contribution in [0.3, 0.4) is 0 Å². The van der Waals surface area contributed by atoms with E-state index in [1.54, 1.807) is 25.3 Å². The molecule has 0 radical (unpaired) electrons. The average molecular weight is 236 g/mol. The third-order valence-corrected chi connectivity index (χ3v) is 2.55. The van der Waals surface area contributed by atoms with Gasteiger partial charge in [0.15, 0.2) is 5.72 Å². The van der Waals surface area contributed by atoms with Gasteiger partial charge in [-0.25, -0.2) is 9.99 Å². The zero-order chi connectivity index (χ0) is 12.5. The summed E-state index contributed by atoms with van der Waals surface area (Å²) < 4.78 is 10.4. The standard InChI is InChI=1S/C11H16N4O2/c1-8-7-9(16-3)13-10(12-8)15-6-5-11(2,14-15)17-4/h5-7,14H,1-4H3/t11-/m0/s1. The van der Waals surface area contributed by atoms with Crippen molar-refractivity contribution in [2.45, 2.75) is 19.6 Å². The van der Waals surface area contributed by atoms with Gasteiger partial charge in [0.1, 0.15) is 0 Å². The van der Waals surface area contributed by atoms with Crippen molar-refractivity contribution in [1.82, 2.24) is 15.4 Å². The Balaban J connectivity index is 2.25. The average Bonchev–Trinajstić information content (AvgIpc) is 2.72. The Hall–Kier alpha value is -1.66. The van der Waals surface area contributed by atoms with E-state index < -0.39 is 5.72 Å². The summed E-state index contributed by atoms with van der Waals surface area (Å²) in [6, 6.07) is 1.78. The van der Waals surface area contributed by atoms with E-state index in [0.29, 0.717) is 11.8 Å². The van der Waals surface area contributed by atoms with Crippen molar-refractivity contribution in [2.75, 3.05) is 19.2 Å². The molecule has 0 saturated carbocycles. The SMILES string of the molecule is COc1cc(C)nc(N2C=C[C@](C)(OC)N2)n1. The molecule has 2 rings (SSSR count). The number of hydrogen-bond donors (Lipinski definition) is 1. The Labute approximate surface area is 100 Å². The van der Waals surface area contributed by atoms with Crippen LogP contribution in [0.5, 0.6) is 5.88 Å². The molecule has 0 saturated heterocycles. The van der Waals surface area contributed by atoms with Gasteiger partial charge >= 0.3 is 0 Å². The molecule has 0 aliphatic carbocycles. The number of aryl methyl sites for hydroxylation is 1. The minimum atomic E-state index is -0.527. The predicted octanol–water partition coefficient (Wildman–Crippen LogP) is 0.995. The van der Waals surface area contributed by atoms with Gasteiger partial charge in [0.25, 0.3) is 0 Å². The maximum atomic E-state index is 5.31. The monoisotopic (exact) mass is 236 g/mol. The quantitative estimate of drug-likeness (QED) is 0.844. The highest BCUT2D eigenvalue weighted by Crippen LogP contribution is 2.21. The summed E-state index contributed by atoms with van der Waals surface area (Å²) in [7, 11) is 3.22. The fraction of sp³-hybridized carbons (Fsp3) is 0.455. The van der Waals surface area contributed by atoms with E-state index in [2.05, 4.69) is 15.4 Å². The molecule has 92 valence electrons. The highest BCUT2D eigenvalue weighted by atomic mass is 16.5. The van der Waals surface area contributed by atoms with Crippen molar-refractivity contribution in [3.8, 4) is 5.88 Å². The Morgan fingerprint density at radius 3 is 2.71 bits per heavy atom. The molecule has 0 spiro atoms.